The zero-order chi connectivity index (χ0) is 16.5. The van der Waals surface area contributed by atoms with Crippen molar-refractivity contribution in [2.75, 3.05) is 18.4 Å². The average Bonchev–Trinajstić information content (AvgIpc) is 3.18. The smallest absolute Gasteiger partial charge is 0.280 e. The van der Waals surface area contributed by atoms with Gasteiger partial charge in [0.15, 0.2) is 5.69 Å². The van der Waals surface area contributed by atoms with Crippen molar-refractivity contribution in [1.82, 2.24) is 30.3 Å². The predicted octanol–water partition coefficient (Wildman–Crippen LogP) is 1.64. The minimum Gasteiger partial charge on any atom is -0.324 e. The summed E-state index contributed by atoms with van der Waals surface area (Å²) in [4.78, 5) is 19.9. The van der Waals surface area contributed by atoms with Gasteiger partial charge < -0.3 is 10.3 Å². The van der Waals surface area contributed by atoms with Gasteiger partial charge in [-0.25, -0.2) is 9.67 Å². The molecule has 1 fully saturated rings. The van der Waals surface area contributed by atoms with Crippen LogP contribution in [0.25, 0.3) is 11.0 Å². The molecule has 3 N–H and O–H groups in total. The number of aromatic nitrogens is 5. The van der Waals surface area contributed by atoms with Crippen LogP contribution in [-0.4, -0.2) is 44.0 Å². The fourth-order valence-electron chi connectivity index (χ4n) is 3.13. The van der Waals surface area contributed by atoms with Crippen LogP contribution in [-0.2, 0) is 0 Å². The van der Waals surface area contributed by atoms with Gasteiger partial charge in [0.05, 0.1) is 22.8 Å². The Morgan fingerprint density at radius 3 is 2.88 bits per heavy atom. The molecular weight excluding hydrogens is 306 g/mol. The molecule has 2 aromatic heterocycles. The number of anilines is 1. The van der Waals surface area contributed by atoms with Crippen LogP contribution in [0.15, 0.2) is 24.3 Å². The number of hydrogen-bond donors (Lipinski definition) is 3. The number of piperidine rings is 1. The van der Waals surface area contributed by atoms with E-state index in [2.05, 4.69) is 30.9 Å². The zero-order valence-electron chi connectivity index (χ0n) is 13.4. The summed E-state index contributed by atoms with van der Waals surface area (Å²) in [7, 11) is 0. The largest absolute Gasteiger partial charge is 0.324 e. The molecule has 1 saturated heterocycles. The van der Waals surface area contributed by atoms with Crippen molar-refractivity contribution in [2.24, 2.45) is 0 Å². The quantitative estimate of drug-likeness (QED) is 0.679. The van der Waals surface area contributed by atoms with E-state index < -0.39 is 0 Å². The van der Waals surface area contributed by atoms with E-state index in [1.165, 1.54) is 0 Å². The summed E-state index contributed by atoms with van der Waals surface area (Å²) in [6.45, 7) is 3.81. The highest BCUT2D eigenvalue weighted by Crippen LogP contribution is 2.21. The second-order valence-electron chi connectivity index (χ2n) is 6.01. The number of amides is 1. The van der Waals surface area contributed by atoms with E-state index in [1.807, 2.05) is 35.9 Å². The minimum atomic E-state index is -0.299. The number of imidazole rings is 1. The molecule has 0 atom stereocenters. The summed E-state index contributed by atoms with van der Waals surface area (Å²) in [6, 6.07) is 7.92. The van der Waals surface area contributed by atoms with Gasteiger partial charge in [-0.15, -0.1) is 5.10 Å². The molecule has 0 bridgehead atoms. The van der Waals surface area contributed by atoms with Crippen molar-refractivity contribution in [3.8, 4) is 0 Å². The van der Waals surface area contributed by atoms with Crippen LogP contribution in [0.2, 0.25) is 0 Å². The molecule has 0 radical (unpaired) electrons. The van der Waals surface area contributed by atoms with Crippen molar-refractivity contribution in [2.45, 2.75) is 25.8 Å². The van der Waals surface area contributed by atoms with Gasteiger partial charge in [0.2, 0.25) is 5.95 Å². The number of benzene rings is 1. The van der Waals surface area contributed by atoms with Gasteiger partial charge in [-0.2, -0.15) is 0 Å². The van der Waals surface area contributed by atoms with Gasteiger partial charge in [-0.3, -0.25) is 10.1 Å². The fraction of sp³-hybridized carbons (Fsp3) is 0.375. The summed E-state index contributed by atoms with van der Waals surface area (Å²) in [6.07, 6.45) is 1.99. The maximum Gasteiger partial charge on any atom is 0.280 e. The van der Waals surface area contributed by atoms with Gasteiger partial charge in [0, 0.05) is 0 Å². The number of carbonyl (C=O) groups excluding carboxylic acids is 1. The summed E-state index contributed by atoms with van der Waals surface area (Å²) in [5.41, 5.74) is 2.82. The topological polar surface area (TPSA) is 101 Å². The minimum absolute atomic E-state index is 0.298. The summed E-state index contributed by atoms with van der Waals surface area (Å²) in [5.74, 6) is 0.115. The first-order valence-electron chi connectivity index (χ1n) is 8.11. The highest BCUT2D eigenvalue weighted by Gasteiger charge is 2.23. The Kier molecular flexibility index (Phi) is 3.73. The number of carbonyl (C=O) groups is 1. The van der Waals surface area contributed by atoms with Crippen molar-refractivity contribution in [3.05, 3.63) is 35.7 Å². The predicted molar refractivity (Wildman–Crippen MR) is 89.9 cm³/mol. The lowest BCUT2D eigenvalue weighted by Crippen LogP contribution is -2.30. The molecule has 3 aromatic rings. The molecule has 0 spiro atoms. The zero-order valence-corrected chi connectivity index (χ0v) is 13.4. The van der Waals surface area contributed by atoms with Crippen molar-refractivity contribution < 1.29 is 4.79 Å². The van der Waals surface area contributed by atoms with Gasteiger partial charge >= 0.3 is 0 Å². The Hall–Kier alpha value is -2.74. The van der Waals surface area contributed by atoms with E-state index in [-0.39, 0.29) is 5.91 Å². The normalized spacial score (nSPS) is 15.7. The van der Waals surface area contributed by atoms with Crippen LogP contribution in [0, 0.1) is 6.92 Å². The van der Waals surface area contributed by atoms with Gasteiger partial charge in [-0.05, 0) is 45.0 Å². The molecule has 124 valence electrons. The molecule has 1 aliphatic rings. The first kappa shape index (κ1) is 14.8. The van der Waals surface area contributed by atoms with E-state index >= 15 is 0 Å². The Balaban J connectivity index is 1.54. The first-order chi connectivity index (χ1) is 11.7. The first-order valence-corrected chi connectivity index (χ1v) is 8.11. The highest BCUT2D eigenvalue weighted by molar-refractivity contribution is 6.03. The number of H-pyrrole nitrogens is 1. The van der Waals surface area contributed by atoms with Crippen LogP contribution >= 0.6 is 0 Å². The lowest BCUT2D eigenvalue weighted by molar-refractivity contribution is 0.102. The third-order valence-corrected chi connectivity index (χ3v) is 4.42. The second-order valence-corrected chi connectivity index (χ2v) is 6.01. The van der Waals surface area contributed by atoms with E-state index in [0.717, 1.165) is 42.7 Å². The molecule has 8 heteroatoms. The van der Waals surface area contributed by atoms with Crippen molar-refractivity contribution in [3.63, 3.8) is 0 Å². The highest BCUT2D eigenvalue weighted by atomic mass is 16.2. The Morgan fingerprint density at radius 1 is 1.29 bits per heavy atom. The summed E-state index contributed by atoms with van der Waals surface area (Å²) < 4.78 is 1.87. The lowest BCUT2D eigenvalue weighted by atomic mass is 10.1. The Labute approximate surface area is 138 Å². The maximum absolute atomic E-state index is 12.5. The number of para-hydroxylation sites is 2. The van der Waals surface area contributed by atoms with Gasteiger partial charge in [-0.1, -0.05) is 17.3 Å². The number of nitrogens with one attached hydrogen (secondary N) is 3. The lowest BCUT2D eigenvalue weighted by Gasteiger charge is -2.23. The van der Waals surface area contributed by atoms with Crippen LogP contribution < -0.4 is 10.6 Å². The van der Waals surface area contributed by atoms with Gasteiger partial charge in [0.25, 0.3) is 5.91 Å². The molecule has 0 unspecified atom stereocenters. The maximum atomic E-state index is 12.5. The molecule has 8 nitrogen and oxygen atoms in total. The van der Waals surface area contributed by atoms with Gasteiger partial charge in [0.1, 0.15) is 0 Å². The molecule has 0 saturated carbocycles. The van der Waals surface area contributed by atoms with E-state index in [0.29, 0.717) is 17.7 Å². The molecule has 3 heterocycles. The molecule has 4 rings (SSSR count). The third-order valence-electron chi connectivity index (χ3n) is 4.42. The van der Waals surface area contributed by atoms with E-state index in [9.17, 15) is 4.79 Å². The number of aromatic amines is 1. The molecule has 0 aliphatic carbocycles. The van der Waals surface area contributed by atoms with Crippen LogP contribution in [0.1, 0.15) is 35.1 Å². The third kappa shape index (κ3) is 2.65. The number of rotatable bonds is 3. The fourth-order valence-corrected chi connectivity index (χ4v) is 3.13. The van der Waals surface area contributed by atoms with Crippen LogP contribution in [0.4, 0.5) is 5.95 Å². The van der Waals surface area contributed by atoms with Crippen molar-refractivity contribution >= 4 is 22.9 Å². The van der Waals surface area contributed by atoms with Crippen molar-refractivity contribution in [1.29, 1.82) is 0 Å². The number of hydrogen-bond acceptors (Lipinski definition) is 5. The summed E-state index contributed by atoms with van der Waals surface area (Å²) >= 11 is 0. The Morgan fingerprint density at radius 2 is 2.08 bits per heavy atom. The Bertz CT molecular complexity index is 843. The SMILES string of the molecule is Cc1c(C(=O)Nc2nc3ccccc3[nH]2)nnn1C1CCNCC1. The van der Waals surface area contributed by atoms with Crippen LogP contribution in [0.5, 0.6) is 0 Å². The average molecular weight is 325 g/mol. The molecule has 24 heavy (non-hydrogen) atoms. The monoisotopic (exact) mass is 325 g/mol. The van der Waals surface area contributed by atoms with Crippen LogP contribution in [0.3, 0.4) is 0 Å². The summed E-state index contributed by atoms with van der Waals surface area (Å²) in [5, 5.41) is 14.4. The number of nitrogens with zero attached hydrogens (tertiary/aromatic N) is 4. The number of fused-ring (bicyclic) bond motifs is 1. The standard InChI is InChI=1S/C16H19N7O/c1-10-14(21-22-23(10)11-6-8-17-9-7-11)15(24)20-16-18-12-4-2-3-5-13(12)19-16/h2-5,11,17H,6-9H2,1H3,(H2,18,19,20,24). The molecule has 1 aliphatic heterocycles. The van der Waals surface area contributed by atoms with E-state index in [4.69, 9.17) is 0 Å². The molecule has 1 aromatic carbocycles. The molecule has 1 amide bonds. The second kappa shape index (κ2) is 6.04. The van der Waals surface area contributed by atoms with E-state index in [1.54, 1.807) is 0 Å². The molecular formula is C16H19N7O.